The lowest BCUT2D eigenvalue weighted by Crippen LogP contribution is -2.08. The summed E-state index contributed by atoms with van der Waals surface area (Å²) < 4.78 is 5.13. The van der Waals surface area contributed by atoms with Crippen LogP contribution in [-0.4, -0.2) is 35.0 Å². The van der Waals surface area contributed by atoms with Crippen LogP contribution in [0.15, 0.2) is 30.6 Å². The van der Waals surface area contributed by atoms with Gasteiger partial charge in [0.25, 0.3) is 0 Å². The molecule has 146 valence electrons. The normalized spacial score (nSPS) is 10.7. The number of carbonyl (C=O) groups is 2. The van der Waals surface area contributed by atoms with Gasteiger partial charge in [-0.05, 0) is 43.5 Å². The Hall–Kier alpha value is -3.00. The van der Waals surface area contributed by atoms with E-state index in [0.717, 1.165) is 33.5 Å². The van der Waals surface area contributed by atoms with E-state index in [9.17, 15) is 9.59 Å². The molecule has 3 rings (SSSR count). The van der Waals surface area contributed by atoms with E-state index < -0.39 is 0 Å². The Labute approximate surface area is 167 Å². The topological polar surface area (TPSA) is 93.2 Å². The number of benzene rings is 1. The van der Waals surface area contributed by atoms with Gasteiger partial charge in [0.15, 0.2) is 0 Å². The van der Waals surface area contributed by atoms with Crippen molar-refractivity contribution in [2.45, 2.75) is 27.2 Å². The van der Waals surface area contributed by atoms with Gasteiger partial charge in [0, 0.05) is 19.2 Å². The predicted molar refractivity (Wildman–Crippen MR) is 111 cm³/mol. The highest BCUT2D eigenvalue weighted by atomic mass is 32.1. The summed E-state index contributed by atoms with van der Waals surface area (Å²) in [4.78, 5) is 33.2. The van der Waals surface area contributed by atoms with Crippen molar-refractivity contribution in [3.63, 3.8) is 0 Å². The average Bonchev–Trinajstić information content (AvgIpc) is 3.01. The maximum absolute atomic E-state index is 12.1. The first kappa shape index (κ1) is 19.8. The number of nitrogens with zero attached hydrogens (tertiary/aromatic N) is 2. The predicted octanol–water partition coefficient (Wildman–Crippen LogP) is 3.79. The molecule has 0 saturated heterocycles. The number of fused-ring (bicyclic) bond motifs is 1. The molecule has 1 amide bonds. The Morgan fingerprint density at radius 3 is 2.61 bits per heavy atom. The van der Waals surface area contributed by atoms with Gasteiger partial charge in [-0.2, -0.15) is 0 Å². The lowest BCUT2D eigenvalue weighted by atomic mass is 10.1. The Morgan fingerprint density at radius 1 is 1.18 bits per heavy atom. The minimum Gasteiger partial charge on any atom is -0.462 e. The lowest BCUT2D eigenvalue weighted by molar-refractivity contribution is -0.114. The van der Waals surface area contributed by atoms with Gasteiger partial charge in [-0.25, -0.2) is 14.8 Å². The summed E-state index contributed by atoms with van der Waals surface area (Å²) in [6, 6.07) is 7.73. The van der Waals surface area contributed by atoms with Crippen LogP contribution in [0.5, 0.6) is 0 Å². The fraction of sp³-hybridized carbons (Fsp3) is 0.300. The molecule has 8 heteroatoms. The molecule has 1 aromatic carbocycles. The summed E-state index contributed by atoms with van der Waals surface area (Å²) in [6.45, 7) is 6.18. The van der Waals surface area contributed by atoms with E-state index in [-0.39, 0.29) is 11.9 Å². The van der Waals surface area contributed by atoms with E-state index in [2.05, 4.69) is 20.6 Å². The monoisotopic (exact) mass is 398 g/mol. The molecule has 0 saturated carbocycles. The van der Waals surface area contributed by atoms with Gasteiger partial charge in [-0.15, -0.1) is 11.3 Å². The van der Waals surface area contributed by atoms with Crippen molar-refractivity contribution in [2.24, 2.45) is 0 Å². The number of aryl methyl sites for hydroxylation is 1. The van der Waals surface area contributed by atoms with E-state index >= 15 is 0 Å². The molecule has 0 atom stereocenters. The number of nitrogens with one attached hydrogen (secondary N) is 2. The van der Waals surface area contributed by atoms with Crippen LogP contribution < -0.4 is 10.6 Å². The number of amides is 1. The number of thiophene rings is 1. The molecule has 7 nitrogen and oxygen atoms in total. The van der Waals surface area contributed by atoms with Gasteiger partial charge in [0.1, 0.15) is 21.9 Å². The van der Waals surface area contributed by atoms with Crippen molar-refractivity contribution >= 4 is 44.9 Å². The smallest absolute Gasteiger partial charge is 0.348 e. The molecule has 0 radical (unpaired) electrons. The zero-order valence-electron chi connectivity index (χ0n) is 16.0. The van der Waals surface area contributed by atoms with Crippen molar-refractivity contribution in [1.29, 1.82) is 0 Å². The highest BCUT2D eigenvalue weighted by Crippen LogP contribution is 2.33. The summed E-state index contributed by atoms with van der Waals surface area (Å²) in [5, 5.41) is 6.95. The first-order valence-electron chi connectivity index (χ1n) is 9.01. The third-order valence-electron chi connectivity index (χ3n) is 4.17. The second-order valence-corrected chi connectivity index (χ2v) is 7.23. The van der Waals surface area contributed by atoms with E-state index in [1.165, 1.54) is 24.6 Å². The number of rotatable bonds is 7. The minimum atomic E-state index is -0.326. The first-order valence-corrected chi connectivity index (χ1v) is 9.82. The molecule has 0 fully saturated rings. The number of hydrogen-bond donors (Lipinski definition) is 2. The van der Waals surface area contributed by atoms with Crippen LogP contribution in [0.3, 0.4) is 0 Å². The van der Waals surface area contributed by atoms with Crippen LogP contribution in [0.4, 0.5) is 11.5 Å². The molecule has 2 heterocycles. The number of anilines is 2. The van der Waals surface area contributed by atoms with Crippen molar-refractivity contribution in [2.75, 3.05) is 23.8 Å². The van der Waals surface area contributed by atoms with E-state index in [1.807, 2.05) is 31.2 Å². The second-order valence-electron chi connectivity index (χ2n) is 6.23. The highest BCUT2D eigenvalue weighted by molar-refractivity contribution is 7.20. The Morgan fingerprint density at radius 2 is 1.93 bits per heavy atom. The summed E-state index contributed by atoms with van der Waals surface area (Å²) in [5.74, 6) is 0.299. The summed E-state index contributed by atoms with van der Waals surface area (Å²) in [7, 11) is 0. The molecule has 2 N–H and O–H groups in total. The number of hydrogen-bond acceptors (Lipinski definition) is 7. The summed E-state index contributed by atoms with van der Waals surface area (Å²) >= 11 is 1.32. The van der Waals surface area contributed by atoms with Crippen LogP contribution in [0.1, 0.15) is 34.6 Å². The second kappa shape index (κ2) is 8.79. The van der Waals surface area contributed by atoms with E-state index in [4.69, 9.17) is 4.74 Å². The van der Waals surface area contributed by atoms with Crippen LogP contribution in [0, 0.1) is 6.92 Å². The minimum absolute atomic E-state index is 0.0875. The fourth-order valence-corrected chi connectivity index (χ4v) is 3.92. The zero-order valence-corrected chi connectivity index (χ0v) is 16.9. The maximum Gasteiger partial charge on any atom is 0.348 e. The van der Waals surface area contributed by atoms with Crippen LogP contribution >= 0.6 is 11.3 Å². The molecule has 0 unspecified atom stereocenters. The summed E-state index contributed by atoms with van der Waals surface area (Å²) in [5.41, 5.74) is 2.75. The van der Waals surface area contributed by atoms with Crippen LogP contribution in [-0.2, 0) is 16.0 Å². The molecular weight excluding hydrogens is 376 g/mol. The van der Waals surface area contributed by atoms with Gasteiger partial charge >= 0.3 is 5.97 Å². The van der Waals surface area contributed by atoms with Gasteiger partial charge in [0.05, 0.1) is 12.0 Å². The van der Waals surface area contributed by atoms with Crippen molar-refractivity contribution in [1.82, 2.24) is 9.97 Å². The molecule has 2 aromatic heterocycles. The van der Waals surface area contributed by atoms with Crippen molar-refractivity contribution in [3.8, 4) is 0 Å². The fourth-order valence-electron chi connectivity index (χ4n) is 2.88. The molecule has 28 heavy (non-hydrogen) atoms. The van der Waals surface area contributed by atoms with Crippen molar-refractivity contribution < 1.29 is 14.3 Å². The molecule has 0 bridgehead atoms. The number of esters is 1. The Bertz CT molecular complexity index is 999. The molecule has 0 aliphatic carbocycles. The first-order chi connectivity index (χ1) is 13.5. The third kappa shape index (κ3) is 4.45. The Kier molecular flexibility index (Phi) is 6.20. The molecule has 0 aliphatic heterocycles. The van der Waals surface area contributed by atoms with E-state index in [0.29, 0.717) is 23.8 Å². The maximum atomic E-state index is 12.1. The van der Waals surface area contributed by atoms with Crippen LogP contribution in [0.25, 0.3) is 10.2 Å². The molecular formula is C20H22N4O3S. The van der Waals surface area contributed by atoms with Gasteiger partial charge in [-0.1, -0.05) is 12.1 Å². The Balaban J connectivity index is 1.70. The van der Waals surface area contributed by atoms with Crippen molar-refractivity contribution in [3.05, 3.63) is 46.6 Å². The number of ether oxygens (including phenoxy) is 1. The number of carbonyl (C=O) groups excluding carboxylic acids is 2. The highest BCUT2D eigenvalue weighted by Gasteiger charge is 2.19. The van der Waals surface area contributed by atoms with Crippen LogP contribution in [0.2, 0.25) is 0 Å². The number of aromatic nitrogens is 2. The van der Waals surface area contributed by atoms with Gasteiger partial charge < -0.3 is 15.4 Å². The quantitative estimate of drug-likeness (QED) is 0.588. The average molecular weight is 398 g/mol. The van der Waals surface area contributed by atoms with E-state index in [1.54, 1.807) is 6.92 Å². The van der Waals surface area contributed by atoms with Gasteiger partial charge in [0.2, 0.25) is 5.91 Å². The molecule has 0 spiro atoms. The molecule has 3 aromatic rings. The molecule has 0 aliphatic rings. The lowest BCUT2D eigenvalue weighted by Gasteiger charge is -2.08. The third-order valence-corrected chi connectivity index (χ3v) is 5.35. The van der Waals surface area contributed by atoms with Gasteiger partial charge in [-0.3, -0.25) is 4.79 Å². The zero-order chi connectivity index (χ0) is 20.1. The largest absolute Gasteiger partial charge is 0.462 e. The SMILES string of the molecule is CCOC(=O)c1sc2ncnc(NCCc3ccc(NC(C)=O)cc3)c2c1C. The summed E-state index contributed by atoms with van der Waals surface area (Å²) in [6.07, 6.45) is 2.29. The standard InChI is InChI=1S/C20H22N4O3S/c1-4-27-20(26)17-12(2)16-18(22-11-23-19(16)28-17)21-10-9-14-5-7-15(8-6-14)24-13(3)25/h5-8,11H,4,9-10H2,1-3H3,(H,24,25)(H,21,22,23).